The van der Waals surface area contributed by atoms with Gasteiger partial charge >= 0.3 is 0 Å². The van der Waals surface area contributed by atoms with Crippen LogP contribution in [0.4, 0.5) is 0 Å². The molecule has 5 nitrogen and oxygen atoms in total. The SMILES string of the molecule is NC(=O)C(Cc1ccccc1)NC(=O)C1C2CCC(C2)C1N. The first-order chi connectivity index (χ1) is 10.6. The Morgan fingerprint density at radius 2 is 1.86 bits per heavy atom. The summed E-state index contributed by atoms with van der Waals surface area (Å²) in [6, 6.07) is 8.80. The van der Waals surface area contributed by atoms with Gasteiger partial charge in [0.05, 0.1) is 5.92 Å². The first-order valence-corrected chi connectivity index (χ1v) is 7.95. The van der Waals surface area contributed by atoms with E-state index in [1.54, 1.807) is 0 Å². The second-order valence-corrected chi connectivity index (χ2v) is 6.59. The van der Waals surface area contributed by atoms with Crippen molar-refractivity contribution in [1.29, 1.82) is 0 Å². The van der Waals surface area contributed by atoms with Crippen LogP contribution < -0.4 is 16.8 Å². The number of nitrogens with two attached hydrogens (primary N) is 2. The van der Waals surface area contributed by atoms with Crippen LogP contribution in [0, 0.1) is 17.8 Å². The topological polar surface area (TPSA) is 98.2 Å². The molecule has 0 saturated heterocycles. The van der Waals surface area contributed by atoms with Crippen LogP contribution in [0.3, 0.4) is 0 Å². The minimum Gasteiger partial charge on any atom is -0.368 e. The van der Waals surface area contributed by atoms with E-state index in [-0.39, 0.29) is 17.9 Å². The van der Waals surface area contributed by atoms with Crippen molar-refractivity contribution >= 4 is 11.8 Å². The van der Waals surface area contributed by atoms with Gasteiger partial charge in [-0.25, -0.2) is 0 Å². The first-order valence-electron chi connectivity index (χ1n) is 7.95. The zero-order valence-corrected chi connectivity index (χ0v) is 12.6. The molecule has 1 aromatic carbocycles. The zero-order valence-electron chi connectivity index (χ0n) is 12.6. The zero-order chi connectivity index (χ0) is 15.7. The molecule has 22 heavy (non-hydrogen) atoms. The van der Waals surface area contributed by atoms with Crippen LogP contribution in [0.2, 0.25) is 0 Å². The highest BCUT2D eigenvalue weighted by molar-refractivity contribution is 5.88. The van der Waals surface area contributed by atoms with Crippen molar-refractivity contribution in [3.63, 3.8) is 0 Å². The van der Waals surface area contributed by atoms with Gasteiger partial charge in [0.1, 0.15) is 6.04 Å². The monoisotopic (exact) mass is 301 g/mol. The molecule has 0 radical (unpaired) electrons. The molecule has 0 spiro atoms. The molecule has 5 heteroatoms. The van der Waals surface area contributed by atoms with Crippen molar-refractivity contribution in [1.82, 2.24) is 5.32 Å². The van der Waals surface area contributed by atoms with Crippen LogP contribution in [0.15, 0.2) is 30.3 Å². The Labute approximate surface area is 130 Å². The van der Waals surface area contributed by atoms with Crippen LogP contribution in [0.1, 0.15) is 24.8 Å². The summed E-state index contributed by atoms with van der Waals surface area (Å²) < 4.78 is 0. The number of carbonyl (C=O) groups is 2. The van der Waals surface area contributed by atoms with Crippen LogP contribution in [-0.4, -0.2) is 23.9 Å². The van der Waals surface area contributed by atoms with E-state index in [0.29, 0.717) is 18.3 Å². The van der Waals surface area contributed by atoms with Gasteiger partial charge in [0.15, 0.2) is 0 Å². The fourth-order valence-corrected chi connectivity index (χ4v) is 4.07. The lowest BCUT2D eigenvalue weighted by Crippen LogP contribution is -2.52. The molecule has 2 amide bonds. The standard InChI is InChI=1S/C17H23N3O2/c18-15-12-7-6-11(9-12)14(15)17(22)20-13(16(19)21)8-10-4-2-1-3-5-10/h1-5,11-15H,6-9,18H2,(H2,19,21)(H,20,22). The number of hydrogen-bond acceptors (Lipinski definition) is 3. The minimum absolute atomic E-state index is 0.0796. The highest BCUT2D eigenvalue weighted by Crippen LogP contribution is 2.47. The quantitative estimate of drug-likeness (QED) is 0.741. The third-order valence-electron chi connectivity index (χ3n) is 5.23. The van der Waals surface area contributed by atoms with Gasteiger partial charge in [-0.05, 0) is 36.7 Å². The number of nitrogens with one attached hydrogen (secondary N) is 1. The number of benzene rings is 1. The van der Waals surface area contributed by atoms with Crippen LogP contribution in [0.25, 0.3) is 0 Å². The van der Waals surface area contributed by atoms with E-state index in [1.807, 2.05) is 30.3 Å². The third-order valence-corrected chi connectivity index (χ3v) is 5.23. The van der Waals surface area contributed by atoms with Crippen molar-refractivity contribution in [3.8, 4) is 0 Å². The normalized spacial score (nSPS) is 31.0. The summed E-state index contributed by atoms with van der Waals surface area (Å²) in [5, 5.41) is 2.83. The molecular weight excluding hydrogens is 278 g/mol. The number of primary amides is 1. The molecule has 3 rings (SSSR count). The molecule has 2 bridgehead atoms. The van der Waals surface area contributed by atoms with Gasteiger partial charge in [0.25, 0.3) is 0 Å². The van der Waals surface area contributed by atoms with Gasteiger partial charge in [0.2, 0.25) is 11.8 Å². The smallest absolute Gasteiger partial charge is 0.240 e. The van der Waals surface area contributed by atoms with Crippen molar-refractivity contribution < 1.29 is 9.59 Å². The number of amides is 2. The second kappa shape index (κ2) is 6.08. The molecule has 0 heterocycles. The predicted octanol–water partition coefficient (Wildman–Crippen LogP) is 0.573. The Bertz CT molecular complexity index is 558. The summed E-state index contributed by atoms with van der Waals surface area (Å²) in [5.74, 6) is 0.0388. The highest BCUT2D eigenvalue weighted by Gasteiger charge is 2.49. The van der Waals surface area contributed by atoms with Gasteiger partial charge in [-0.1, -0.05) is 30.3 Å². The fraction of sp³-hybridized carbons (Fsp3) is 0.529. The Morgan fingerprint density at radius 3 is 2.45 bits per heavy atom. The number of fused-ring (bicyclic) bond motifs is 2. The number of hydrogen-bond donors (Lipinski definition) is 3. The number of rotatable bonds is 5. The van der Waals surface area contributed by atoms with E-state index in [9.17, 15) is 9.59 Å². The molecule has 5 N–H and O–H groups in total. The van der Waals surface area contributed by atoms with E-state index < -0.39 is 11.9 Å². The van der Waals surface area contributed by atoms with Crippen LogP contribution >= 0.6 is 0 Å². The van der Waals surface area contributed by atoms with Crippen molar-refractivity contribution in [2.24, 2.45) is 29.2 Å². The second-order valence-electron chi connectivity index (χ2n) is 6.59. The van der Waals surface area contributed by atoms with E-state index in [0.717, 1.165) is 24.8 Å². The van der Waals surface area contributed by atoms with Crippen molar-refractivity contribution in [2.45, 2.75) is 37.8 Å². The van der Waals surface area contributed by atoms with E-state index >= 15 is 0 Å². The van der Waals surface area contributed by atoms with Crippen molar-refractivity contribution in [2.75, 3.05) is 0 Å². The molecule has 0 aromatic heterocycles. The maximum Gasteiger partial charge on any atom is 0.240 e. The van der Waals surface area contributed by atoms with Gasteiger partial charge in [-0.15, -0.1) is 0 Å². The van der Waals surface area contributed by atoms with Gasteiger partial charge in [0, 0.05) is 12.5 Å². The lowest BCUT2D eigenvalue weighted by atomic mass is 9.84. The third kappa shape index (κ3) is 2.86. The van der Waals surface area contributed by atoms with Gasteiger partial charge in [-0.3, -0.25) is 9.59 Å². The molecule has 1 aromatic rings. The van der Waals surface area contributed by atoms with Crippen LogP contribution in [0.5, 0.6) is 0 Å². The summed E-state index contributed by atoms with van der Waals surface area (Å²) in [6.45, 7) is 0. The average Bonchev–Trinajstić information content (AvgIpc) is 3.08. The molecule has 5 unspecified atom stereocenters. The maximum atomic E-state index is 12.6. The highest BCUT2D eigenvalue weighted by atomic mass is 16.2. The molecular formula is C17H23N3O2. The Hall–Kier alpha value is -1.88. The average molecular weight is 301 g/mol. The van der Waals surface area contributed by atoms with Gasteiger partial charge in [-0.2, -0.15) is 0 Å². The summed E-state index contributed by atoms with van der Waals surface area (Å²) in [6.07, 6.45) is 3.65. The summed E-state index contributed by atoms with van der Waals surface area (Å²) in [5.41, 5.74) is 12.6. The van der Waals surface area contributed by atoms with Gasteiger partial charge < -0.3 is 16.8 Å². The lowest BCUT2D eigenvalue weighted by molar-refractivity contribution is -0.131. The summed E-state index contributed by atoms with van der Waals surface area (Å²) in [4.78, 5) is 24.2. The summed E-state index contributed by atoms with van der Waals surface area (Å²) >= 11 is 0. The first kappa shape index (κ1) is 15.0. The Balaban J connectivity index is 1.66. The molecule has 2 aliphatic carbocycles. The molecule has 2 saturated carbocycles. The number of carbonyl (C=O) groups excluding carboxylic acids is 2. The van der Waals surface area contributed by atoms with Crippen LogP contribution in [-0.2, 0) is 16.0 Å². The Kier molecular flexibility index (Phi) is 4.16. The Morgan fingerprint density at radius 1 is 1.18 bits per heavy atom. The molecule has 2 fully saturated rings. The molecule has 0 aliphatic heterocycles. The largest absolute Gasteiger partial charge is 0.368 e. The molecule has 2 aliphatic rings. The summed E-state index contributed by atoms with van der Waals surface area (Å²) in [7, 11) is 0. The van der Waals surface area contributed by atoms with E-state index in [2.05, 4.69) is 5.32 Å². The van der Waals surface area contributed by atoms with E-state index in [1.165, 1.54) is 0 Å². The van der Waals surface area contributed by atoms with E-state index in [4.69, 9.17) is 11.5 Å². The molecule has 118 valence electrons. The minimum atomic E-state index is -0.679. The fourth-order valence-electron chi connectivity index (χ4n) is 4.07. The van der Waals surface area contributed by atoms with Crippen molar-refractivity contribution in [3.05, 3.63) is 35.9 Å². The maximum absolute atomic E-state index is 12.6. The molecule has 5 atom stereocenters. The predicted molar refractivity (Wildman–Crippen MR) is 83.6 cm³/mol. The lowest BCUT2D eigenvalue weighted by Gasteiger charge is -2.28.